The highest BCUT2D eigenvalue weighted by molar-refractivity contribution is 5.98. The van der Waals surface area contributed by atoms with Gasteiger partial charge in [-0.2, -0.15) is 0 Å². The molecule has 8 nitrogen and oxygen atoms in total. The summed E-state index contributed by atoms with van der Waals surface area (Å²) in [6.07, 6.45) is 0. The van der Waals surface area contributed by atoms with Gasteiger partial charge >= 0.3 is 11.9 Å². The summed E-state index contributed by atoms with van der Waals surface area (Å²) in [5.74, 6) is 1.38. The normalized spacial score (nSPS) is 20.0. The predicted molar refractivity (Wildman–Crippen MR) is 190 cm³/mol. The maximum absolute atomic E-state index is 13.8. The van der Waals surface area contributed by atoms with Crippen molar-refractivity contribution in [2.75, 3.05) is 36.0 Å². The van der Waals surface area contributed by atoms with Gasteiger partial charge in [0.2, 0.25) is 0 Å². The molecule has 5 aromatic rings. The molecule has 250 valence electrons. The Morgan fingerprint density at radius 3 is 1.66 bits per heavy atom. The summed E-state index contributed by atoms with van der Waals surface area (Å²) in [5, 5.41) is 0. The highest BCUT2D eigenvalue weighted by atomic mass is 16.6. The third-order valence-electron chi connectivity index (χ3n) is 10.8. The summed E-state index contributed by atoms with van der Waals surface area (Å²) in [4.78, 5) is 32.0. The zero-order chi connectivity index (χ0) is 34.4. The second kappa shape index (κ2) is 10.9. The quantitative estimate of drug-likeness (QED) is 0.167. The number of hydrogen-bond acceptors (Lipinski definition) is 8. The van der Waals surface area contributed by atoms with Crippen LogP contribution in [0.15, 0.2) is 97.1 Å². The van der Waals surface area contributed by atoms with Crippen LogP contribution in [0.25, 0.3) is 0 Å². The monoisotopic (exact) mass is 664 g/mol. The lowest BCUT2D eigenvalue weighted by atomic mass is 9.73. The Balaban J connectivity index is 1.36. The van der Waals surface area contributed by atoms with Crippen LogP contribution in [-0.4, -0.2) is 38.1 Å². The molecule has 0 saturated carbocycles. The molecule has 0 bridgehead atoms. The number of anilines is 2. The molecule has 0 aromatic heterocycles. The van der Waals surface area contributed by atoms with Crippen LogP contribution in [0.5, 0.6) is 23.0 Å². The summed E-state index contributed by atoms with van der Waals surface area (Å²) in [5.41, 5.74) is 4.41. The van der Waals surface area contributed by atoms with E-state index in [0.717, 1.165) is 59.8 Å². The molecule has 0 N–H and O–H groups in total. The molecule has 50 heavy (non-hydrogen) atoms. The van der Waals surface area contributed by atoms with E-state index in [1.54, 1.807) is 12.1 Å². The van der Waals surface area contributed by atoms with Crippen LogP contribution in [0.4, 0.5) is 11.4 Å². The fraction of sp³-hybridized carbons (Fsp3) is 0.238. The Morgan fingerprint density at radius 1 is 0.500 bits per heavy atom. The Labute approximate surface area is 290 Å². The number of para-hydroxylation sites is 1. The highest BCUT2D eigenvalue weighted by Crippen LogP contribution is 2.63. The third kappa shape index (κ3) is 3.81. The molecule has 5 aromatic carbocycles. The van der Waals surface area contributed by atoms with Gasteiger partial charge in [0.1, 0.15) is 17.2 Å². The molecule has 2 unspecified atom stereocenters. The molecule has 4 aliphatic rings. The van der Waals surface area contributed by atoms with Crippen molar-refractivity contribution in [1.82, 2.24) is 0 Å². The number of fused-ring (bicyclic) bond motifs is 12. The number of rotatable bonds is 6. The van der Waals surface area contributed by atoms with Crippen molar-refractivity contribution in [2.24, 2.45) is 0 Å². The molecular weight excluding hydrogens is 628 g/mol. The SMILES string of the molecule is CCN(CC)c1ccc2c(c1)Oc1cc3c(cc1C21OC(=O)c2ccccc21)C1(OC(=O)c2ccccc21)c1cccc(N(CC)CC)c1O3. The van der Waals surface area contributed by atoms with Crippen LogP contribution in [0.1, 0.15) is 81.8 Å². The molecule has 2 atom stereocenters. The van der Waals surface area contributed by atoms with Crippen LogP contribution < -0.4 is 19.3 Å². The molecule has 0 saturated heterocycles. The summed E-state index contributed by atoms with van der Waals surface area (Å²) in [6.45, 7) is 11.6. The van der Waals surface area contributed by atoms with Crippen molar-refractivity contribution in [2.45, 2.75) is 38.9 Å². The lowest BCUT2D eigenvalue weighted by molar-refractivity contribution is 0.0208. The number of ether oxygens (including phenoxy) is 4. The van der Waals surface area contributed by atoms with E-state index >= 15 is 0 Å². The Kier molecular flexibility index (Phi) is 6.59. The van der Waals surface area contributed by atoms with Gasteiger partial charge in [0.25, 0.3) is 0 Å². The standard InChI is InChI=1S/C42H36N2O6/c1-5-43(6-2)25-20-21-30-35(22-25)47-36-24-37-33(23-32(36)41(30)28-16-11-9-14-26(28)39(45)49-41)42(29-17-12-10-15-27(29)40(46)50-42)31-18-13-19-34(38(31)48-37)44(7-3)8-4/h9-24H,5-8H2,1-4H3. The fourth-order valence-corrected chi connectivity index (χ4v) is 8.43. The smallest absolute Gasteiger partial charge is 0.340 e. The van der Waals surface area contributed by atoms with E-state index in [2.05, 4.69) is 43.6 Å². The second-order valence-corrected chi connectivity index (χ2v) is 13.0. The number of carbonyl (C=O) groups is 2. The van der Waals surface area contributed by atoms with Crippen molar-refractivity contribution in [3.05, 3.63) is 142 Å². The largest absolute Gasteiger partial charge is 0.456 e. The first-order valence-electron chi connectivity index (χ1n) is 17.4. The van der Waals surface area contributed by atoms with Crippen LogP contribution in [0.3, 0.4) is 0 Å². The zero-order valence-corrected chi connectivity index (χ0v) is 28.4. The van der Waals surface area contributed by atoms with Gasteiger partial charge in [-0.05, 0) is 64.1 Å². The van der Waals surface area contributed by atoms with E-state index in [1.165, 1.54) is 0 Å². The second-order valence-electron chi connectivity index (χ2n) is 13.0. The molecule has 4 heterocycles. The molecule has 9 rings (SSSR count). The molecule has 4 aliphatic heterocycles. The third-order valence-corrected chi connectivity index (χ3v) is 10.8. The van der Waals surface area contributed by atoms with Crippen LogP contribution >= 0.6 is 0 Å². The minimum atomic E-state index is -1.33. The molecule has 2 spiro atoms. The maximum Gasteiger partial charge on any atom is 0.340 e. The Hall–Kier alpha value is -5.76. The van der Waals surface area contributed by atoms with Crippen molar-refractivity contribution < 1.29 is 28.5 Å². The minimum Gasteiger partial charge on any atom is -0.456 e. The van der Waals surface area contributed by atoms with Crippen molar-refractivity contribution in [3.63, 3.8) is 0 Å². The van der Waals surface area contributed by atoms with Gasteiger partial charge in [0, 0.05) is 77.4 Å². The van der Waals surface area contributed by atoms with E-state index < -0.39 is 23.1 Å². The number of hydrogen-bond donors (Lipinski definition) is 0. The molecule has 0 radical (unpaired) electrons. The maximum atomic E-state index is 13.8. The van der Waals surface area contributed by atoms with Crippen LogP contribution in [0.2, 0.25) is 0 Å². The van der Waals surface area contributed by atoms with Gasteiger partial charge in [-0.25, -0.2) is 9.59 Å². The van der Waals surface area contributed by atoms with Gasteiger partial charge in [0.05, 0.1) is 16.8 Å². The summed E-state index contributed by atoms with van der Waals surface area (Å²) < 4.78 is 26.8. The Morgan fingerprint density at radius 2 is 1.04 bits per heavy atom. The van der Waals surface area contributed by atoms with Gasteiger partial charge in [-0.15, -0.1) is 0 Å². The summed E-state index contributed by atoms with van der Waals surface area (Å²) in [6, 6.07) is 30.9. The van der Waals surface area contributed by atoms with Gasteiger partial charge in [-0.3, -0.25) is 0 Å². The molecule has 8 heteroatoms. The van der Waals surface area contributed by atoms with E-state index in [-0.39, 0.29) is 0 Å². The minimum absolute atomic E-state index is 0.414. The molecule has 0 amide bonds. The number of esters is 2. The van der Waals surface area contributed by atoms with E-state index in [1.807, 2.05) is 78.9 Å². The van der Waals surface area contributed by atoms with Gasteiger partial charge < -0.3 is 28.7 Å². The number of carbonyl (C=O) groups excluding carboxylic acids is 2. The van der Waals surface area contributed by atoms with Crippen molar-refractivity contribution >= 4 is 23.3 Å². The van der Waals surface area contributed by atoms with Crippen molar-refractivity contribution in [3.8, 4) is 23.0 Å². The van der Waals surface area contributed by atoms with Crippen LogP contribution in [-0.2, 0) is 20.7 Å². The van der Waals surface area contributed by atoms with Crippen LogP contribution in [0, 0.1) is 0 Å². The fourth-order valence-electron chi connectivity index (χ4n) is 8.43. The topological polar surface area (TPSA) is 77.5 Å². The molecule has 0 fully saturated rings. The van der Waals surface area contributed by atoms with Gasteiger partial charge in [-0.1, -0.05) is 48.5 Å². The average Bonchev–Trinajstić information content (AvgIpc) is 3.61. The first-order chi connectivity index (χ1) is 24.4. The first kappa shape index (κ1) is 30.3. The first-order valence-corrected chi connectivity index (χ1v) is 17.4. The number of benzene rings is 5. The van der Waals surface area contributed by atoms with E-state index in [0.29, 0.717) is 45.3 Å². The summed E-state index contributed by atoms with van der Waals surface area (Å²) >= 11 is 0. The predicted octanol–water partition coefficient (Wildman–Crippen LogP) is 8.52. The van der Waals surface area contributed by atoms with Gasteiger partial charge in [0.15, 0.2) is 17.0 Å². The lowest BCUT2D eigenvalue weighted by Gasteiger charge is -2.41. The zero-order valence-electron chi connectivity index (χ0n) is 28.4. The lowest BCUT2D eigenvalue weighted by Crippen LogP contribution is -2.37. The number of nitrogens with zero attached hydrogens (tertiary/aromatic N) is 2. The van der Waals surface area contributed by atoms with Crippen molar-refractivity contribution in [1.29, 1.82) is 0 Å². The molecule has 0 aliphatic carbocycles. The van der Waals surface area contributed by atoms with E-state index in [4.69, 9.17) is 18.9 Å². The molecular formula is C42H36N2O6. The Bertz CT molecular complexity index is 2260. The highest BCUT2D eigenvalue weighted by Gasteiger charge is 2.58. The van der Waals surface area contributed by atoms with E-state index in [9.17, 15) is 9.59 Å². The summed E-state index contributed by atoms with van der Waals surface area (Å²) in [7, 11) is 0. The average molecular weight is 665 g/mol.